The van der Waals surface area contributed by atoms with E-state index < -0.39 is 0 Å². The summed E-state index contributed by atoms with van der Waals surface area (Å²) >= 11 is 0. The molecule has 1 N–H and O–H groups in total. The molecule has 1 rings (SSSR count). The van der Waals surface area contributed by atoms with Crippen LogP contribution in [0.1, 0.15) is 43.9 Å². The maximum absolute atomic E-state index is 5.38. The van der Waals surface area contributed by atoms with Crippen LogP contribution in [0.5, 0.6) is 0 Å². The Labute approximate surface area is 98.7 Å². The SMILES string of the molecule is C=CCCCCC(C)NCc1occc1C. The molecular formula is C14H23NO. The molecule has 0 aliphatic rings. The van der Waals surface area contributed by atoms with E-state index in [0.717, 1.165) is 18.7 Å². The molecule has 2 nitrogen and oxygen atoms in total. The zero-order chi connectivity index (χ0) is 11.8. The average molecular weight is 221 g/mol. The van der Waals surface area contributed by atoms with Crippen molar-refractivity contribution < 1.29 is 4.42 Å². The van der Waals surface area contributed by atoms with Crippen molar-refractivity contribution in [1.29, 1.82) is 0 Å². The maximum Gasteiger partial charge on any atom is 0.120 e. The van der Waals surface area contributed by atoms with Crippen LogP contribution in [0.15, 0.2) is 29.4 Å². The number of aryl methyl sites for hydroxylation is 1. The highest BCUT2D eigenvalue weighted by Crippen LogP contribution is 2.09. The largest absolute Gasteiger partial charge is 0.468 e. The Morgan fingerprint density at radius 1 is 1.50 bits per heavy atom. The number of hydrogen-bond acceptors (Lipinski definition) is 2. The van der Waals surface area contributed by atoms with E-state index in [-0.39, 0.29) is 0 Å². The molecule has 0 bridgehead atoms. The van der Waals surface area contributed by atoms with E-state index in [2.05, 4.69) is 25.7 Å². The quantitative estimate of drug-likeness (QED) is 0.533. The highest BCUT2D eigenvalue weighted by molar-refractivity contribution is 5.14. The van der Waals surface area contributed by atoms with Crippen LogP contribution in [-0.4, -0.2) is 6.04 Å². The third kappa shape index (κ3) is 4.67. The lowest BCUT2D eigenvalue weighted by Gasteiger charge is -2.12. The van der Waals surface area contributed by atoms with Gasteiger partial charge in [-0.1, -0.05) is 12.5 Å². The van der Waals surface area contributed by atoms with E-state index in [4.69, 9.17) is 4.42 Å². The predicted molar refractivity (Wildman–Crippen MR) is 68.4 cm³/mol. The third-order valence-electron chi connectivity index (χ3n) is 2.87. The van der Waals surface area contributed by atoms with E-state index in [0.29, 0.717) is 6.04 Å². The van der Waals surface area contributed by atoms with Gasteiger partial charge in [-0.05, 0) is 44.7 Å². The second-order valence-corrected chi connectivity index (χ2v) is 4.38. The van der Waals surface area contributed by atoms with Gasteiger partial charge in [-0.3, -0.25) is 0 Å². The van der Waals surface area contributed by atoms with E-state index in [1.54, 1.807) is 6.26 Å². The van der Waals surface area contributed by atoms with Crippen LogP contribution < -0.4 is 5.32 Å². The van der Waals surface area contributed by atoms with Crippen LogP contribution in [0.2, 0.25) is 0 Å². The highest BCUT2D eigenvalue weighted by atomic mass is 16.3. The summed E-state index contributed by atoms with van der Waals surface area (Å²) in [4.78, 5) is 0. The van der Waals surface area contributed by atoms with Crippen LogP contribution in [0.25, 0.3) is 0 Å². The number of unbranched alkanes of at least 4 members (excludes halogenated alkanes) is 2. The molecule has 16 heavy (non-hydrogen) atoms. The zero-order valence-corrected chi connectivity index (χ0v) is 10.5. The minimum atomic E-state index is 0.550. The van der Waals surface area contributed by atoms with Crippen LogP contribution in [0.4, 0.5) is 0 Å². The fourth-order valence-corrected chi connectivity index (χ4v) is 1.69. The zero-order valence-electron chi connectivity index (χ0n) is 10.5. The Balaban J connectivity index is 2.13. The molecule has 0 aliphatic heterocycles. The van der Waals surface area contributed by atoms with Gasteiger partial charge in [0, 0.05) is 6.04 Å². The number of allylic oxidation sites excluding steroid dienone is 1. The third-order valence-corrected chi connectivity index (χ3v) is 2.87. The van der Waals surface area contributed by atoms with Gasteiger partial charge < -0.3 is 9.73 Å². The molecule has 1 unspecified atom stereocenters. The number of furan rings is 1. The topological polar surface area (TPSA) is 25.2 Å². The van der Waals surface area contributed by atoms with E-state index in [1.165, 1.54) is 24.8 Å². The monoisotopic (exact) mass is 221 g/mol. The number of rotatable bonds is 8. The molecule has 1 aromatic rings. The Bertz CT molecular complexity index is 303. The molecule has 0 amide bonds. The molecule has 1 aromatic heterocycles. The summed E-state index contributed by atoms with van der Waals surface area (Å²) < 4.78 is 5.38. The van der Waals surface area contributed by atoms with Gasteiger partial charge in [0.2, 0.25) is 0 Å². The Morgan fingerprint density at radius 3 is 2.94 bits per heavy atom. The fraction of sp³-hybridized carbons (Fsp3) is 0.571. The lowest BCUT2D eigenvalue weighted by Crippen LogP contribution is -2.25. The van der Waals surface area contributed by atoms with Crippen molar-refractivity contribution in [3.63, 3.8) is 0 Å². The standard InChI is InChI=1S/C14H23NO/c1-4-5-6-7-8-13(3)15-11-14-12(2)9-10-16-14/h4,9-10,13,15H,1,5-8,11H2,2-3H3. The summed E-state index contributed by atoms with van der Waals surface area (Å²) in [5.74, 6) is 1.05. The van der Waals surface area contributed by atoms with Gasteiger partial charge >= 0.3 is 0 Å². The van der Waals surface area contributed by atoms with Gasteiger partial charge in [0.25, 0.3) is 0 Å². The van der Waals surface area contributed by atoms with Gasteiger partial charge in [0.1, 0.15) is 5.76 Å². The molecule has 0 fully saturated rings. The van der Waals surface area contributed by atoms with Crippen LogP contribution in [-0.2, 0) is 6.54 Å². The average Bonchev–Trinajstić information content (AvgIpc) is 2.67. The van der Waals surface area contributed by atoms with Gasteiger partial charge in [0.05, 0.1) is 12.8 Å². The molecule has 0 radical (unpaired) electrons. The molecule has 0 saturated heterocycles. The van der Waals surface area contributed by atoms with Gasteiger partial charge in [-0.15, -0.1) is 6.58 Å². The molecular weight excluding hydrogens is 198 g/mol. The van der Waals surface area contributed by atoms with Crippen molar-refractivity contribution in [3.8, 4) is 0 Å². The Hall–Kier alpha value is -1.02. The first-order valence-corrected chi connectivity index (χ1v) is 6.11. The van der Waals surface area contributed by atoms with E-state index in [9.17, 15) is 0 Å². The highest BCUT2D eigenvalue weighted by Gasteiger charge is 2.04. The lowest BCUT2D eigenvalue weighted by atomic mass is 10.1. The summed E-state index contributed by atoms with van der Waals surface area (Å²) in [7, 11) is 0. The molecule has 1 heterocycles. The fourth-order valence-electron chi connectivity index (χ4n) is 1.69. The van der Waals surface area contributed by atoms with Crippen LogP contribution in [0.3, 0.4) is 0 Å². The Morgan fingerprint density at radius 2 is 2.31 bits per heavy atom. The molecule has 0 aromatic carbocycles. The molecule has 0 saturated carbocycles. The van der Waals surface area contributed by atoms with Crippen LogP contribution in [0, 0.1) is 6.92 Å². The lowest BCUT2D eigenvalue weighted by molar-refractivity contribution is 0.433. The van der Waals surface area contributed by atoms with Crippen molar-refractivity contribution in [1.82, 2.24) is 5.32 Å². The van der Waals surface area contributed by atoms with E-state index >= 15 is 0 Å². The summed E-state index contributed by atoms with van der Waals surface area (Å²) in [6, 6.07) is 2.56. The van der Waals surface area contributed by atoms with Crippen molar-refractivity contribution in [2.45, 2.75) is 52.1 Å². The summed E-state index contributed by atoms with van der Waals surface area (Å²) in [5, 5.41) is 3.48. The van der Waals surface area contributed by atoms with E-state index in [1.807, 2.05) is 12.1 Å². The molecule has 2 heteroatoms. The van der Waals surface area contributed by atoms with Gasteiger partial charge in [-0.2, -0.15) is 0 Å². The molecule has 0 aliphatic carbocycles. The first-order valence-electron chi connectivity index (χ1n) is 6.11. The van der Waals surface area contributed by atoms with Gasteiger partial charge in [0.15, 0.2) is 0 Å². The van der Waals surface area contributed by atoms with Crippen LogP contribution >= 0.6 is 0 Å². The summed E-state index contributed by atoms with van der Waals surface area (Å²) in [6.45, 7) is 8.87. The number of nitrogens with one attached hydrogen (secondary N) is 1. The normalized spacial score (nSPS) is 12.6. The van der Waals surface area contributed by atoms with Crippen molar-refractivity contribution in [2.75, 3.05) is 0 Å². The van der Waals surface area contributed by atoms with Crippen molar-refractivity contribution >= 4 is 0 Å². The summed E-state index contributed by atoms with van der Waals surface area (Å²) in [5.41, 5.74) is 1.23. The number of hydrogen-bond donors (Lipinski definition) is 1. The maximum atomic E-state index is 5.38. The second-order valence-electron chi connectivity index (χ2n) is 4.38. The molecule has 90 valence electrons. The van der Waals surface area contributed by atoms with Crippen molar-refractivity contribution in [2.24, 2.45) is 0 Å². The van der Waals surface area contributed by atoms with Gasteiger partial charge in [-0.25, -0.2) is 0 Å². The van der Waals surface area contributed by atoms with Crippen molar-refractivity contribution in [3.05, 3.63) is 36.3 Å². The minimum absolute atomic E-state index is 0.550. The smallest absolute Gasteiger partial charge is 0.120 e. The Kier molecular flexibility index (Phi) is 5.94. The summed E-state index contributed by atoms with van der Waals surface area (Å²) in [6.07, 6.45) is 8.59. The predicted octanol–water partition coefficient (Wildman–Crippen LogP) is 3.81. The second kappa shape index (κ2) is 7.29. The first-order chi connectivity index (χ1) is 7.74. The molecule has 0 spiro atoms. The first kappa shape index (κ1) is 13.0. The molecule has 1 atom stereocenters. The minimum Gasteiger partial charge on any atom is -0.468 e.